The second-order valence-electron chi connectivity index (χ2n) is 2.57. The zero-order valence-electron chi connectivity index (χ0n) is 7.71. The van der Waals surface area contributed by atoms with E-state index in [0.717, 1.165) is 13.2 Å². The summed E-state index contributed by atoms with van der Waals surface area (Å²) in [5, 5.41) is 2.06. The van der Waals surface area contributed by atoms with Crippen molar-refractivity contribution in [3.05, 3.63) is 29.0 Å². The Labute approximate surface area is 90.0 Å². The molecule has 0 aliphatic rings. The van der Waals surface area contributed by atoms with Gasteiger partial charge in [-0.3, -0.25) is 4.79 Å². The van der Waals surface area contributed by atoms with Crippen LogP contribution in [0.15, 0.2) is 18.2 Å². The van der Waals surface area contributed by atoms with E-state index in [1.165, 1.54) is 12.1 Å². The van der Waals surface area contributed by atoms with Crippen molar-refractivity contribution in [3.63, 3.8) is 0 Å². The summed E-state index contributed by atoms with van der Waals surface area (Å²) >= 11 is 5.47. The van der Waals surface area contributed by atoms with Gasteiger partial charge >= 0.3 is 11.9 Å². The lowest BCUT2D eigenvalue weighted by atomic mass is 10.3. The van der Waals surface area contributed by atoms with Crippen LogP contribution in [0.3, 0.4) is 0 Å². The summed E-state index contributed by atoms with van der Waals surface area (Å²) in [4.78, 5) is 21.7. The molecule has 0 aliphatic heterocycles. The van der Waals surface area contributed by atoms with Gasteiger partial charge in [-0.15, -0.1) is 0 Å². The topological polar surface area (TPSA) is 55.4 Å². The summed E-state index contributed by atoms with van der Waals surface area (Å²) < 4.78 is 16.9. The summed E-state index contributed by atoms with van der Waals surface area (Å²) in [6, 6.07) is 3.55. The van der Waals surface area contributed by atoms with E-state index in [0.29, 0.717) is 0 Å². The van der Waals surface area contributed by atoms with E-state index in [1.807, 2.05) is 0 Å². The first-order valence-corrected chi connectivity index (χ1v) is 4.26. The van der Waals surface area contributed by atoms with Gasteiger partial charge in [0.1, 0.15) is 5.82 Å². The molecule has 0 atom stereocenters. The molecule has 0 bridgehead atoms. The number of ether oxygens (including phenoxy) is 1. The standard InChI is InChI=1S/C9H7ClFNO3/c1-15-9(14)8(13)12-5-2-3-7(11)6(10)4-5/h2-4H,1H3,(H,12,13). The lowest BCUT2D eigenvalue weighted by molar-refractivity contribution is -0.150. The van der Waals surface area contributed by atoms with Gasteiger partial charge in [0, 0.05) is 5.69 Å². The normalized spacial score (nSPS) is 9.53. The Balaban J connectivity index is 2.77. The molecule has 0 heterocycles. The minimum atomic E-state index is -1.03. The Bertz CT molecular complexity index is 408. The summed E-state index contributed by atoms with van der Waals surface area (Å²) in [5.41, 5.74) is 0.219. The van der Waals surface area contributed by atoms with Crippen molar-refractivity contribution in [2.75, 3.05) is 12.4 Å². The van der Waals surface area contributed by atoms with Crippen LogP contribution in [-0.2, 0) is 14.3 Å². The first-order chi connectivity index (χ1) is 7.04. The highest BCUT2D eigenvalue weighted by molar-refractivity contribution is 6.37. The van der Waals surface area contributed by atoms with Gasteiger partial charge < -0.3 is 10.1 Å². The maximum Gasteiger partial charge on any atom is 0.396 e. The SMILES string of the molecule is COC(=O)C(=O)Nc1ccc(F)c(Cl)c1. The fraction of sp³-hybridized carbons (Fsp3) is 0.111. The third-order valence-electron chi connectivity index (χ3n) is 1.55. The number of methoxy groups -OCH3 is 1. The molecular formula is C9H7ClFNO3. The van der Waals surface area contributed by atoms with Crippen molar-refractivity contribution in [2.24, 2.45) is 0 Å². The molecule has 4 nitrogen and oxygen atoms in total. The smallest absolute Gasteiger partial charge is 0.396 e. The van der Waals surface area contributed by atoms with Crippen LogP contribution in [0.25, 0.3) is 0 Å². The van der Waals surface area contributed by atoms with Crippen LogP contribution >= 0.6 is 11.6 Å². The first kappa shape index (κ1) is 11.5. The lowest BCUT2D eigenvalue weighted by Crippen LogP contribution is -2.23. The van der Waals surface area contributed by atoms with Crippen molar-refractivity contribution >= 4 is 29.2 Å². The molecule has 1 amide bonds. The molecule has 1 aromatic rings. The number of halogens is 2. The fourth-order valence-electron chi connectivity index (χ4n) is 0.849. The van der Waals surface area contributed by atoms with Gasteiger partial charge in [0.2, 0.25) is 0 Å². The predicted octanol–water partition coefficient (Wildman–Crippen LogP) is 1.59. The minimum absolute atomic E-state index is 0.141. The van der Waals surface area contributed by atoms with Gasteiger partial charge in [0.25, 0.3) is 0 Å². The van der Waals surface area contributed by atoms with Crippen LogP contribution in [-0.4, -0.2) is 19.0 Å². The van der Waals surface area contributed by atoms with Crippen molar-refractivity contribution in [1.29, 1.82) is 0 Å². The van der Waals surface area contributed by atoms with Crippen LogP contribution < -0.4 is 5.32 Å². The Morgan fingerprint density at radius 2 is 2.13 bits per heavy atom. The number of nitrogens with one attached hydrogen (secondary N) is 1. The number of hydrogen-bond donors (Lipinski definition) is 1. The number of hydrogen-bond acceptors (Lipinski definition) is 3. The summed E-state index contributed by atoms with van der Waals surface area (Å²) in [6.07, 6.45) is 0. The van der Waals surface area contributed by atoms with Crippen molar-refractivity contribution in [2.45, 2.75) is 0 Å². The number of anilines is 1. The molecule has 1 aromatic carbocycles. The van der Waals surface area contributed by atoms with Crippen LogP contribution in [0.4, 0.5) is 10.1 Å². The molecule has 0 aromatic heterocycles. The number of esters is 1. The van der Waals surface area contributed by atoms with Crippen molar-refractivity contribution < 1.29 is 18.7 Å². The zero-order valence-corrected chi connectivity index (χ0v) is 8.47. The maximum atomic E-state index is 12.7. The third-order valence-corrected chi connectivity index (χ3v) is 1.84. The minimum Gasteiger partial charge on any atom is -0.462 e. The number of amides is 1. The highest BCUT2D eigenvalue weighted by Gasteiger charge is 2.14. The molecule has 0 saturated heterocycles. The Hall–Kier alpha value is -1.62. The number of carbonyl (C=O) groups excluding carboxylic acids is 2. The van der Waals surface area contributed by atoms with Crippen LogP contribution in [0.1, 0.15) is 0 Å². The second kappa shape index (κ2) is 4.75. The van der Waals surface area contributed by atoms with E-state index in [-0.39, 0.29) is 10.7 Å². The molecule has 0 fully saturated rings. The molecule has 1 rings (SSSR count). The molecule has 0 spiro atoms. The van der Waals surface area contributed by atoms with E-state index in [1.54, 1.807) is 0 Å². The lowest BCUT2D eigenvalue weighted by Gasteiger charge is -2.03. The quantitative estimate of drug-likeness (QED) is 0.590. The molecule has 1 N–H and O–H groups in total. The summed E-state index contributed by atoms with van der Waals surface area (Å²) in [6.45, 7) is 0. The molecule has 0 aliphatic carbocycles. The van der Waals surface area contributed by atoms with Crippen molar-refractivity contribution in [3.8, 4) is 0 Å². The van der Waals surface area contributed by atoms with Gasteiger partial charge in [-0.1, -0.05) is 11.6 Å². The third kappa shape index (κ3) is 2.92. The molecule has 6 heteroatoms. The second-order valence-corrected chi connectivity index (χ2v) is 2.98. The predicted molar refractivity (Wildman–Crippen MR) is 52.1 cm³/mol. The Morgan fingerprint density at radius 3 is 2.67 bits per heavy atom. The zero-order chi connectivity index (χ0) is 11.4. The number of rotatable bonds is 1. The average Bonchev–Trinajstić information content (AvgIpc) is 2.22. The van der Waals surface area contributed by atoms with Gasteiger partial charge in [0.05, 0.1) is 12.1 Å². The van der Waals surface area contributed by atoms with Gasteiger partial charge in [-0.05, 0) is 18.2 Å². The highest BCUT2D eigenvalue weighted by atomic mass is 35.5. The largest absolute Gasteiger partial charge is 0.462 e. The average molecular weight is 232 g/mol. The number of carbonyl (C=O) groups is 2. The Kier molecular flexibility index (Phi) is 3.62. The monoisotopic (exact) mass is 231 g/mol. The van der Waals surface area contributed by atoms with Crippen molar-refractivity contribution in [1.82, 2.24) is 0 Å². The van der Waals surface area contributed by atoms with E-state index < -0.39 is 17.7 Å². The fourth-order valence-corrected chi connectivity index (χ4v) is 1.03. The van der Waals surface area contributed by atoms with Crippen LogP contribution in [0.2, 0.25) is 5.02 Å². The summed E-state index contributed by atoms with van der Waals surface area (Å²) in [7, 11) is 1.08. The van der Waals surface area contributed by atoms with E-state index in [2.05, 4.69) is 10.1 Å². The number of benzene rings is 1. The molecular weight excluding hydrogens is 225 g/mol. The van der Waals surface area contributed by atoms with Gasteiger partial charge in [-0.2, -0.15) is 0 Å². The van der Waals surface area contributed by atoms with E-state index in [4.69, 9.17) is 11.6 Å². The molecule has 80 valence electrons. The Morgan fingerprint density at radius 1 is 1.47 bits per heavy atom. The summed E-state index contributed by atoms with van der Waals surface area (Å²) in [5.74, 6) is -2.58. The van der Waals surface area contributed by atoms with Gasteiger partial charge in [0.15, 0.2) is 0 Å². The van der Waals surface area contributed by atoms with Crippen LogP contribution in [0, 0.1) is 5.82 Å². The highest BCUT2D eigenvalue weighted by Crippen LogP contribution is 2.19. The van der Waals surface area contributed by atoms with Gasteiger partial charge in [-0.25, -0.2) is 9.18 Å². The maximum absolute atomic E-state index is 12.7. The van der Waals surface area contributed by atoms with E-state index in [9.17, 15) is 14.0 Å². The molecule has 0 radical (unpaired) electrons. The molecule has 15 heavy (non-hydrogen) atoms. The molecule has 0 unspecified atom stereocenters. The van der Waals surface area contributed by atoms with E-state index >= 15 is 0 Å². The van der Waals surface area contributed by atoms with Crippen LogP contribution in [0.5, 0.6) is 0 Å². The molecule has 0 saturated carbocycles. The first-order valence-electron chi connectivity index (χ1n) is 3.89.